The summed E-state index contributed by atoms with van der Waals surface area (Å²) in [6.07, 6.45) is 0. The molecule has 1 heterocycles. The average molecular weight is 250 g/mol. The lowest BCUT2D eigenvalue weighted by Crippen LogP contribution is -2.48. The number of carbonyl (C=O) groups excluding carboxylic acids is 1. The Morgan fingerprint density at radius 3 is 2.44 bits per heavy atom. The monoisotopic (exact) mass is 250 g/mol. The van der Waals surface area contributed by atoms with Gasteiger partial charge in [0, 0.05) is 26.2 Å². The Kier molecular flexibility index (Phi) is 4.04. The fraction of sp³-hybridized carbons (Fsp3) is 0.462. The molecule has 1 aromatic carbocycles. The van der Waals surface area contributed by atoms with Gasteiger partial charge in [0.2, 0.25) is 0 Å². The molecule has 2 rings (SSSR count). The minimum absolute atomic E-state index is 0.0103. The van der Waals surface area contributed by atoms with Gasteiger partial charge in [0.25, 0.3) is 5.91 Å². The van der Waals surface area contributed by atoms with Crippen LogP contribution in [-0.2, 0) is 4.79 Å². The SMILES string of the molecule is CN1CCN(C(=O)COc2ccc(O)cc2)CC1. The molecule has 18 heavy (non-hydrogen) atoms. The molecule has 1 amide bonds. The van der Waals surface area contributed by atoms with Crippen molar-refractivity contribution in [3.63, 3.8) is 0 Å². The molecule has 1 aliphatic heterocycles. The standard InChI is InChI=1S/C13H18N2O3/c1-14-6-8-15(9-7-14)13(17)10-18-12-4-2-11(16)3-5-12/h2-5,16H,6-10H2,1H3. The molecule has 1 aliphatic rings. The molecule has 1 N–H and O–H groups in total. The Hall–Kier alpha value is -1.75. The summed E-state index contributed by atoms with van der Waals surface area (Å²) in [5, 5.41) is 9.13. The number of carbonyl (C=O) groups is 1. The van der Waals surface area contributed by atoms with E-state index in [1.807, 2.05) is 4.90 Å². The van der Waals surface area contributed by atoms with Gasteiger partial charge in [0.1, 0.15) is 11.5 Å². The number of phenolic OH excluding ortho intramolecular Hbond substituents is 1. The van der Waals surface area contributed by atoms with Gasteiger partial charge in [-0.15, -0.1) is 0 Å². The Morgan fingerprint density at radius 2 is 1.83 bits per heavy atom. The maximum atomic E-state index is 11.9. The minimum Gasteiger partial charge on any atom is -0.508 e. The molecule has 0 aliphatic carbocycles. The van der Waals surface area contributed by atoms with E-state index >= 15 is 0 Å². The number of hydrogen-bond donors (Lipinski definition) is 1. The molecule has 0 radical (unpaired) electrons. The first-order chi connectivity index (χ1) is 8.65. The van der Waals surface area contributed by atoms with Crippen LogP contribution >= 0.6 is 0 Å². The topological polar surface area (TPSA) is 53.0 Å². The van der Waals surface area contributed by atoms with Crippen LogP contribution in [0.15, 0.2) is 24.3 Å². The summed E-state index contributed by atoms with van der Waals surface area (Å²) in [5.74, 6) is 0.791. The molecule has 1 fully saturated rings. The zero-order valence-electron chi connectivity index (χ0n) is 10.5. The second-order valence-corrected chi connectivity index (χ2v) is 4.47. The smallest absolute Gasteiger partial charge is 0.260 e. The molecule has 0 bridgehead atoms. The van der Waals surface area contributed by atoms with E-state index in [0.29, 0.717) is 5.75 Å². The third-order valence-corrected chi connectivity index (χ3v) is 3.06. The second-order valence-electron chi connectivity index (χ2n) is 4.47. The fourth-order valence-corrected chi connectivity index (χ4v) is 1.83. The Morgan fingerprint density at radius 1 is 1.22 bits per heavy atom. The second kappa shape index (κ2) is 5.73. The number of phenols is 1. The van der Waals surface area contributed by atoms with E-state index in [9.17, 15) is 4.79 Å². The zero-order chi connectivity index (χ0) is 13.0. The quantitative estimate of drug-likeness (QED) is 0.851. The van der Waals surface area contributed by atoms with Crippen LogP contribution in [0.5, 0.6) is 11.5 Å². The highest BCUT2D eigenvalue weighted by Crippen LogP contribution is 2.15. The van der Waals surface area contributed by atoms with Crippen molar-refractivity contribution in [1.29, 1.82) is 0 Å². The number of hydrogen-bond acceptors (Lipinski definition) is 4. The molecule has 0 unspecified atom stereocenters. The minimum atomic E-state index is 0.0103. The van der Waals surface area contributed by atoms with Gasteiger partial charge in [-0.25, -0.2) is 0 Å². The van der Waals surface area contributed by atoms with E-state index in [2.05, 4.69) is 11.9 Å². The molecular weight excluding hydrogens is 232 g/mol. The van der Waals surface area contributed by atoms with E-state index in [1.165, 1.54) is 12.1 Å². The summed E-state index contributed by atoms with van der Waals surface area (Å²) in [6.45, 7) is 3.38. The lowest BCUT2D eigenvalue weighted by Gasteiger charge is -2.32. The van der Waals surface area contributed by atoms with Gasteiger partial charge in [-0.05, 0) is 31.3 Å². The number of nitrogens with zero attached hydrogens (tertiary/aromatic N) is 2. The van der Waals surface area contributed by atoms with E-state index in [4.69, 9.17) is 9.84 Å². The van der Waals surface area contributed by atoms with Crippen LogP contribution in [0.2, 0.25) is 0 Å². The highest BCUT2D eigenvalue weighted by atomic mass is 16.5. The van der Waals surface area contributed by atoms with E-state index in [1.54, 1.807) is 12.1 Å². The van der Waals surface area contributed by atoms with Crippen molar-refractivity contribution in [2.24, 2.45) is 0 Å². The molecule has 98 valence electrons. The van der Waals surface area contributed by atoms with E-state index in [0.717, 1.165) is 26.2 Å². The van der Waals surface area contributed by atoms with Crippen molar-refractivity contribution in [2.45, 2.75) is 0 Å². The predicted octanol–water partition coefficient (Wildman–Crippen LogP) is 0.545. The Bertz CT molecular complexity index is 397. The van der Waals surface area contributed by atoms with Crippen LogP contribution in [-0.4, -0.2) is 60.6 Å². The summed E-state index contributed by atoms with van der Waals surface area (Å²) in [4.78, 5) is 15.9. The Labute approximate surface area is 107 Å². The molecule has 1 saturated heterocycles. The Balaban J connectivity index is 1.79. The first kappa shape index (κ1) is 12.7. The first-order valence-corrected chi connectivity index (χ1v) is 6.03. The lowest BCUT2D eigenvalue weighted by molar-refractivity contribution is -0.134. The summed E-state index contributed by atoms with van der Waals surface area (Å²) >= 11 is 0. The van der Waals surface area contributed by atoms with Crippen LogP contribution in [0.3, 0.4) is 0 Å². The van der Waals surface area contributed by atoms with Crippen molar-refractivity contribution in [3.8, 4) is 11.5 Å². The molecule has 5 nitrogen and oxygen atoms in total. The number of amides is 1. The number of likely N-dealkylation sites (N-methyl/N-ethyl adjacent to an activating group) is 1. The number of ether oxygens (including phenoxy) is 1. The van der Waals surface area contributed by atoms with Crippen molar-refractivity contribution in [1.82, 2.24) is 9.80 Å². The summed E-state index contributed by atoms with van der Waals surface area (Å²) < 4.78 is 5.39. The van der Waals surface area contributed by atoms with Crippen LogP contribution in [0, 0.1) is 0 Å². The van der Waals surface area contributed by atoms with Crippen LogP contribution in [0.25, 0.3) is 0 Å². The van der Waals surface area contributed by atoms with E-state index in [-0.39, 0.29) is 18.3 Å². The van der Waals surface area contributed by atoms with Gasteiger partial charge in [-0.1, -0.05) is 0 Å². The summed E-state index contributed by atoms with van der Waals surface area (Å²) in [6, 6.07) is 6.37. The van der Waals surface area contributed by atoms with Crippen LogP contribution in [0.4, 0.5) is 0 Å². The number of benzene rings is 1. The maximum Gasteiger partial charge on any atom is 0.260 e. The molecule has 5 heteroatoms. The van der Waals surface area contributed by atoms with Crippen molar-refractivity contribution in [3.05, 3.63) is 24.3 Å². The normalized spacial score (nSPS) is 16.6. The van der Waals surface area contributed by atoms with Gasteiger partial charge in [0.05, 0.1) is 0 Å². The van der Waals surface area contributed by atoms with Gasteiger partial charge in [-0.3, -0.25) is 4.79 Å². The number of rotatable bonds is 3. The average Bonchev–Trinajstić information content (AvgIpc) is 2.38. The van der Waals surface area contributed by atoms with Crippen molar-refractivity contribution < 1.29 is 14.6 Å². The maximum absolute atomic E-state index is 11.9. The van der Waals surface area contributed by atoms with Crippen molar-refractivity contribution in [2.75, 3.05) is 39.8 Å². The molecule has 0 atom stereocenters. The number of piperazine rings is 1. The van der Waals surface area contributed by atoms with Crippen molar-refractivity contribution >= 4 is 5.91 Å². The van der Waals surface area contributed by atoms with E-state index < -0.39 is 0 Å². The molecular formula is C13H18N2O3. The van der Waals surface area contributed by atoms with Gasteiger partial charge >= 0.3 is 0 Å². The van der Waals surface area contributed by atoms with Gasteiger partial charge in [0.15, 0.2) is 6.61 Å². The summed E-state index contributed by atoms with van der Waals surface area (Å²) in [5.41, 5.74) is 0. The van der Waals surface area contributed by atoms with Crippen LogP contribution < -0.4 is 4.74 Å². The fourth-order valence-electron chi connectivity index (χ4n) is 1.83. The van der Waals surface area contributed by atoms with Gasteiger partial charge in [-0.2, -0.15) is 0 Å². The largest absolute Gasteiger partial charge is 0.508 e. The lowest BCUT2D eigenvalue weighted by atomic mass is 10.3. The third-order valence-electron chi connectivity index (χ3n) is 3.06. The zero-order valence-corrected chi connectivity index (χ0v) is 10.5. The molecule has 0 aromatic heterocycles. The highest BCUT2D eigenvalue weighted by molar-refractivity contribution is 5.77. The molecule has 0 saturated carbocycles. The summed E-state index contributed by atoms with van der Waals surface area (Å²) in [7, 11) is 2.05. The molecule has 0 spiro atoms. The third kappa shape index (κ3) is 3.37. The highest BCUT2D eigenvalue weighted by Gasteiger charge is 2.19. The van der Waals surface area contributed by atoms with Crippen LogP contribution in [0.1, 0.15) is 0 Å². The first-order valence-electron chi connectivity index (χ1n) is 6.03. The number of aromatic hydroxyl groups is 1. The van der Waals surface area contributed by atoms with Gasteiger partial charge < -0.3 is 19.6 Å². The molecule has 1 aromatic rings. The predicted molar refractivity (Wildman–Crippen MR) is 67.7 cm³/mol.